The highest BCUT2D eigenvalue weighted by molar-refractivity contribution is 5.82. The first-order valence-corrected chi connectivity index (χ1v) is 8.77. The first kappa shape index (κ1) is 19.0. The van der Waals surface area contributed by atoms with Crippen molar-refractivity contribution in [3.05, 3.63) is 30.1 Å². The molecular weight excluding hydrogens is 316 g/mol. The number of amides is 2. The van der Waals surface area contributed by atoms with Crippen molar-refractivity contribution in [1.29, 1.82) is 0 Å². The molecule has 1 unspecified atom stereocenters. The average molecular weight is 344 g/mol. The highest BCUT2D eigenvalue weighted by atomic mass is 16.2. The molecule has 25 heavy (non-hydrogen) atoms. The number of fused-ring (bicyclic) bond motifs is 1. The van der Waals surface area contributed by atoms with E-state index in [1.807, 2.05) is 63.5 Å². The van der Waals surface area contributed by atoms with E-state index < -0.39 is 0 Å². The van der Waals surface area contributed by atoms with Crippen molar-refractivity contribution in [3.8, 4) is 0 Å². The number of imidazole rings is 1. The normalized spacial score (nSPS) is 12.8. The van der Waals surface area contributed by atoms with Gasteiger partial charge in [-0.3, -0.25) is 9.59 Å². The number of rotatable bonds is 6. The third kappa shape index (κ3) is 5.05. The van der Waals surface area contributed by atoms with E-state index in [-0.39, 0.29) is 29.9 Å². The van der Waals surface area contributed by atoms with Gasteiger partial charge in [0.05, 0.1) is 17.1 Å². The number of nitrogens with one attached hydrogen (secondary N) is 2. The second kappa shape index (κ2) is 7.68. The van der Waals surface area contributed by atoms with E-state index >= 15 is 0 Å². The molecule has 0 spiro atoms. The second-order valence-electron chi connectivity index (χ2n) is 7.38. The van der Waals surface area contributed by atoms with Crippen molar-refractivity contribution in [2.24, 2.45) is 0 Å². The molecule has 0 fully saturated rings. The van der Waals surface area contributed by atoms with Gasteiger partial charge < -0.3 is 15.2 Å². The van der Waals surface area contributed by atoms with Gasteiger partial charge in [0.2, 0.25) is 11.8 Å². The van der Waals surface area contributed by atoms with Gasteiger partial charge >= 0.3 is 0 Å². The van der Waals surface area contributed by atoms with Crippen LogP contribution < -0.4 is 10.6 Å². The fourth-order valence-corrected chi connectivity index (χ4v) is 2.80. The van der Waals surface area contributed by atoms with E-state index in [1.165, 1.54) is 0 Å². The maximum atomic E-state index is 12.4. The number of hydrogen-bond donors (Lipinski definition) is 2. The third-order valence-corrected chi connectivity index (χ3v) is 3.74. The lowest BCUT2D eigenvalue weighted by Crippen LogP contribution is -2.42. The Morgan fingerprint density at radius 1 is 1.20 bits per heavy atom. The van der Waals surface area contributed by atoms with Gasteiger partial charge in [0.25, 0.3) is 0 Å². The second-order valence-corrected chi connectivity index (χ2v) is 7.38. The highest BCUT2D eigenvalue weighted by Crippen LogP contribution is 2.21. The lowest BCUT2D eigenvalue weighted by atomic mass is 10.1. The van der Waals surface area contributed by atoms with Crippen LogP contribution in [-0.4, -0.2) is 26.9 Å². The lowest BCUT2D eigenvalue weighted by molar-refractivity contribution is -0.123. The molecule has 6 heteroatoms. The zero-order valence-electron chi connectivity index (χ0n) is 15.7. The molecule has 1 heterocycles. The van der Waals surface area contributed by atoms with Crippen LogP contribution in [0.3, 0.4) is 0 Å². The number of nitrogens with zero attached hydrogens (tertiary/aromatic N) is 2. The highest BCUT2D eigenvalue weighted by Gasteiger charge is 2.21. The summed E-state index contributed by atoms with van der Waals surface area (Å²) in [5.41, 5.74) is 1.41. The molecule has 6 nitrogen and oxygen atoms in total. The molecule has 0 saturated carbocycles. The van der Waals surface area contributed by atoms with Gasteiger partial charge in [0, 0.05) is 12.0 Å². The smallest absolute Gasteiger partial charge is 0.240 e. The monoisotopic (exact) mass is 344 g/mol. The Labute approximate surface area is 149 Å². The zero-order chi connectivity index (χ0) is 18.6. The Balaban J connectivity index is 2.32. The average Bonchev–Trinajstić information content (AvgIpc) is 2.84. The van der Waals surface area contributed by atoms with Crippen LogP contribution in [0.4, 0.5) is 0 Å². The maximum Gasteiger partial charge on any atom is 0.240 e. The Kier molecular flexibility index (Phi) is 5.82. The molecule has 0 bridgehead atoms. The Bertz CT molecular complexity index is 758. The van der Waals surface area contributed by atoms with E-state index in [0.29, 0.717) is 12.2 Å². The number of carbonyl (C=O) groups excluding carboxylic acids is 2. The molecule has 2 aromatic rings. The summed E-state index contributed by atoms with van der Waals surface area (Å²) in [5, 5.41) is 5.94. The Morgan fingerprint density at radius 2 is 1.88 bits per heavy atom. The van der Waals surface area contributed by atoms with Crippen LogP contribution in [-0.2, 0) is 16.1 Å². The van der Waals surface area contributed by atoms with Gasteiger partial charge in [-0.25, -0.2) is 4.98 Å². The quantitative estimate of drug-likeness (QED) is 0.846. The standard InChI is InChI=1S/C19H28N4O2/c1-6-9-16(24)20-13(2)18-21-14-10-7-8-11-15(14)23(18)12-17(25)22-19(3,4)5/h7-8,10-11,13H,6,9,12H2,1-5H3,(H,20,24)(H,22,25). The van der Waals surface area contributed by atoms with Gasteiger partial charge in [0.1, 0.15) is 12.4 Å². The van der Waals surface area contributed by atoms with Crippen LogP contribution in [0.25, 0.3) is 11.0 Å². The third-order valence-electron chi connectivity index (χ3n) is 3.74. The van der Waals surface area contributed by atoms with Gasteiger partial charge in [-0.2, -0.15) is 0 Å². The van der Waals surface area contributed by atoms with Crippen molar-refractivity contribution >= 4 is 22.8 Å². The van der Waals surface area contributed by atoms with Crippen molar-refractivity contribution in [2.75, 3.05) is 0 Å². The van der Waals surface area contributed by atoms with Gasteiger partial charge in [-0.1, -0.05) is 19.1 Å². The van der Waals surface area contributed by atoms with Crippen LogP contribution in [0.5, 0.6) is 0 Å². The summed E-state index contributed by atoms with van der Waals surface area (Å²) in [5.74, 6) is 0.603. The molecule has 0 aliphatic heterocycles. The molecule has 2 N–H and O–H groups in total. The molecule has 0 aliphatic carbocycles. The summed E-state index contributed by atoms with van der Waals surface area (Å²) in [6.45, 7) is 9.88. The van der Waals surface area contributed by atoms with E-state index in [4.69, 9.17) is 0 Å². The van der Waals surface area contributed by atoms with Crippen molar-refractivity contribution < 1.29 is 9.59 Å². The first-order chi connectivity index (χ1) is 11.7. The summed E-state index contributed by atoms with van der Waals surface area (Å²) >= 11 is 0. The van der Waals surface area contributed by atoms with Crippen molar-refractivity contribution in [1.82, 2.24) is 20.2 Å². The molecule has 0 aliphatic rings. The molecule has 2 rings (SSSR count). The summed E-state index contributed by atoms with van der Waals surface area (Å²) < 4.78 is 1.88. The van der Waals surface area contributed by atoms with Crippen molar-refractivity contribution in [3.63, 3.8) is 0 Å². The van der Waals surface area contributed by atoms with Crippen LogP contribution in [0.1, 0.15) is 59.3 Å². The molecule has 1 aromatic heterocycles. The minimum atomic E-state index is -0.297. The van der Waals surface area contributed by atoms with Crippen LogP contribution in [0.15, 0.2) is 24.3 Å². The minimum absolute atomic E-state index is 0.00671. The molecule has 2 amide bonds. The molecular formula is C19H28N4O2. The van der Waals surface area contributed by atoms with Crippen LogP contribution in [0.2, 0.25) is 0 Å². The predicted octanol–water partition coefficient (Wildman–Crippen LogP) is 2.93. The zero-order valence-corrected chi connectivity index (χ0v) is 15.7. The lowest BCUT2D eigenvalue weighted by Gasteiger charge is -2.22. The van der Waals surface area contributed by atoms with E-state index in [1.54, 1.807) is 0 Å². The Morgan fingerprint density at radius 3 is 2.52 bits per heavy atom. The Hall–Kier alpha value is -2.37. The topological polar surface area (TPSA) is 76.0 Å². The van der Waals surface area contributed by atoms with Gasteiger partial charge in [-0.15, -0.1) is 0 Å². The van der Waals surface area contributed by atoms with E-state index in [2.05, 4.69) is 15.6 Å². The summed E-state index contributed by atoms with van der Waals surface area (Å²) in [6.07, 6.45) is 1.28. The van der Waals surface area contributed by atoms with Crippen LogP contribution in [0, 0.1) is 0 Å². The maximum absolute atomic E-state index is 12.4. The van der Waals surface area contributed by atoms with Crippen LogP contribution >= 0.6 is 0 Å². The number of aromatic nitrogens is 2. The number of para-hydroxylation sites is 2. The SMILES string of the molecule is CCCC(=O)NC(C)c1nc2ccccc2n1CC(=O)NC(C)(C)C. The van der Waals surface area contributed by atoms with Gasteiger partial charge in [0.15, 0.2) is 0 Å². The molecule has 0 radical (unpaired) electrons. The minimum Gasteiger partial charge on any atom is -0.350 e. The number of benzene rings is 1. The molecule has 1 aromatic carbocycles. The van der Waals surface area contributed by atoms with Gasteiger partial charge in [-0.05, 0) is 46.2 Å². The molecule has 1 atom stereocenters. The largest absolute Gasteiger partial charge is 0.350 e. The van der Waals surface area contributed by atoms with E-state index in [0.717, 1.165) is 17.5 Å². The molecule has 136 valence electrons. The summed E-state index contributed by atoms with van der Waals surface area (Å²) in [6, 6.07) is 7.42. The fourth-order valence-electron chi connectivity index (χ4n) is 2.80. The summed E-state index contributed by atoms with van der Waals surface area (Å²) in [4.78, 5) is 29.0. The fraction of sp³-hybridized carbons (Fsp3) is 0.526. The number of carbonyl (C=O) groups is 2. The molecule has 0 saturated heterocycles. The first-order valence-electron chi connectivity index (χ1n) is 8.77. The summed E-state index contributed by atoms with van der Waals surface area (Å²) in [7, 11) is 0. The predicted molar refractivity (Wildman–Crippen MR) is 99.1 cm³/mol. The van der Waals surface area contributed by atoms with Crippen molar-refractivity contribution in [2.45, 2.75) is 65.6 Å². The number of hydrogen-bond acceptors (Lipinski definition) is 3. The van der Waals surface area contributed by atoms with E-state index in [9.17, 15) is 9.59 Å².